The first-order chi connectivity index (χ1) is 7.22. The number of carbonyl (C=O) groups excluding carboxylic acids is 1. The van der Waals surface area contributed by atoms with E-state index in [1.54, 1.807) is 12.5 Å². The van der Waals surface area contributed by atoms with E-state index in [0.717, 1.165) is 17.0 Å². The summed E-state index contributed by atoms with van der Waals surface area (Å²) in [5.41, 5.74) is 1.14. The summed E-state index contributed by atoms with van der Waals surface area (Å²) in [6, 6.07) is 1.46. The molecule has 0 aliphatic heterocycles. The van der Waals surface area contributed by atoms with Crippen molar-refractivity contribution in [2.45, 2.75) is 12.3 Å². The average molecular weight is 210 g/mol. The molecule has 1 aromatic heterocycles. The van der Waals surface area contributed by atoms with Crippen molar-refractivity contribution in [2.24, 2.45) is 5.92 Å². The molecule has 2 N–H and O–H groups in total. The second-order valence-electron chi connectivity index (χ2n) is 3.80. The predicted molar refractivity (Wildman–Crippen MR) is 52.5 cm³/mol. The summed E-state index contributed by atoms with van der Waals surface area (Å²) >= 11 is 0. The third kappa shape index (κ3) is 2.12. The fraction of sp³-hybridized carbons (Fsp3) is 0.500. The van der Waals surface area contributed by atoms with Gasteiger partial charge < -0.3 is 9.73 Å². The van der Waals surface area contributed by atoms with Gasteiger partial charge in [0.05, 0.1) is 19.1 Å². The lowest BCUT2D eigenvalue weighted by Gasteiger charge is -2.13. The molecule has 5 nitrogen and oxygen atoms in total. The number of carbonyl (C=O) groups is 1. The Morgan fingerprint density at radius 1 is 1.80 bits per heavy atom. The van der Waals surface area contributed by atoms with Crippen molar-refractivity contribution in [3.05, 3.63) is 24.2 Å². The van der Waals surface area contributed by atoms with Gasteiger partial charge in [-0.1, -0.05) is 0 Å². The van der Waals surface area contributed by atoms with E-state index < -0.39 is 6.03 Å². The number of hydroxylamine groups is 2. The summed E-state index contributed by atoms with van der Waals surface area (Å²) in [6.07, 6.45) is 4.35. The maximum absolute atomic E-state index is 11.0. The van der Waals surface area contributed by atoms with Crippen LogP contribution in [0.25, 0.3) is 0 Å². The Morgan fingerprint density at radius 2 is 2.60 bits per heavy atom. The summed E-state index contributed by atoms with van der Waals surface area (Å²) < 4.78 is 4.98. The monoisotopic (exact) mass is 210 g/mol. The van der Waals surface area contributed by atoms with Crippen LogP contribution in [0.5, 0.6) is 0 Å². The Bertz CT molecular complexity index is 336. The van der Waals surface area contributed by atoms with Crippen molar-refractivity contribution in [1.29, 1.82) is 0 Å². The van der Waals surface area contributed by atoms with Crippen molar-refractivity contribution in [2.75, 3.05) is 13.6 Å². The Kier molecular flexibility index (Phi) is 2.64. The van der Waals surface area contributed by atoms with Crippen LogP contribution in [0.1, 0.15) is 17.9 Å². The van der Waals surface area contributed by atoms with E-state index in [1.165, 1.54) is 7.05 Å². The average Bonchev–Trinajstić information content (AvgIpc) is 2.81. The minimum Gasteiger partial charge on any atom is -0.472 e. The molecule has 0 radical (unpaired) electrons. The van der Waals surface area contributed by atoms with E-state index in [2.05, 4.69) is 5.32 Å². The van der Waals surface area contributed by atoms with E-state index >= 15 is 0 Å². The molecule has 1 aliphatic rings. The zero-order valence-electron chi connectivity index (χ0n) is 8.51. The molecule has 0 unspecified atom stereocenters. The Hall–Kier alpha value is -1.49. The molecule has 1 saturated carbocycles. The second kappa shape index (κ2) is 3.94. The third-order valence-electron chi connectivity index (χ3n) is 2.75. The van der Waals surface area contributed by atoms with Crippen molar-refractivity contribution in [1.82, 2.24) is 10.4 Å². The molecule has 5 heteroatoms. The molecule has 0 aromatic carbocycles. The molecule has 2 atom stereocenters. The van der Waals surface area contributed by atoms with Gasteiger partial charge in [-0.05, 0) is 29.9 Å². The van der Waals surface area contributed by atoms with Crippen molar-refractivity contribution in [3.8, 4) is 0 Å². The van der Waals surface area contributed by atoms with Crippen LogP contribution < -0.4 is 5.32 Å². The predicted octanol–water partition coefficient (Wildman–Crippen LogP) is 1.41. The SMILES string of the molecule is CNC(=O)N(O)C[C@@H]1C[C@H]1c1ccoc1. The maximum atomic E-state index is 11.0. The number of nitrogens with zero attached hydrogens (tertiary/aromatic N) is 1. The van der Waals surface area contributed by atoms with Crippen molar-refractivity contribution in [3.63, 3.8) is 0 Å². The third-order valence-corrected chi connectivity index (χ3v) is 2.75. The van der Waals surface area contributed by atoms with Gasteiger partial charge >= 0.3 is 6.03 Å². The Labute approximate surface area is 87.6 Å². The topological polar surface area (TPSA) is 65.7 Å². The lowest BCUT2D eigenvalue weighted by atomic mass is 10.2. The van der Waals surface area contributed by atoms with Crippen LogP contribution in [0, 0.1) is 5.92 Å². The minimum atomic E-state index is -0.465. The van der Waals surface area contributed by atoms with E-state index in [1.807, 2.05) is 6.07 Å². The molecule has 0 bridgehead atoms. The van der Waals surface area contributed by atoms with Crippen LogP contribution >= 0.6 is 0 Å². The first-order valence-corrected chi connectivity index (χ1v) is 4.92. The van der Waals surface area contributed by atoms with E-state index in [0.29, 0.717) is 18.4 Å². The van der Waals surface area contributed by atoms with Crippen molar-refractivity contribution < 1.29 is 14.4 Å². The van der Waals surface area contributed by atoms with Gasteiger partial charge in [0.25, 0.3) is 0 Å². The first kappa shape index (κ1) is 10.0. The zero-order valence-corrected chi connectivity index (χ0v) is 8.51. The number of urea groups is 1. The molecule has 0 spiro atoms. The number of nitrogens with one attached hydrogen (secondary N) is 1. The molecule has 1 heterocycles. The maximum Gasteiger partial charge on any atom is 0.340 e. The van der Waals surface area contributed by atoms with E-state index in [-0.39, 0.29) is 0 Å². The van der Waals surface area contributed by atoms with Gasteiger partial charge in [-0.25, -0.2) is 9.86 Å². The lowest BCUT2D eigenvalue weighted by Crippen LogP contribution is -2.36. The van der Waals surface area contributed by atoms with Gasteiger partial charge in [0.2, 0.25) is 0 Å². The summed E-state index contributed by atoms with van der Waals surface area (Å²) in [5.74, 6) is 0.757. The zero-order chi connectivity index (χ0) is 10.8. The highest BCUT2D eigenvalue weighted by atomic mass is 16.5. The molecule has 0 saturated heterocycles. The van der Waals surface area contributed by atoms with Gasteiger partial charge in [0, 0.05) is 7.05 Å². The highest BCUT2D eigenvalue weighted by Gasteiger charge is 2.40. The quantitative estimate of drug-likeness (QED) is 0.585. The van der Waals surface area contributed by atoms with Crippen LogP contribution in [-0.4, -0.2) is 29.9 Å². The largest absolute Gasteiger partial charge is 0.472 e. The van der Waals surface area contributed by atoms with Crippen LogP contribution in [0.15, 0.2) is 23.0 Å². The Balaban J connectivity index is 1.82. The van der Waals surface area contributed by atoms with Crippen LogP contribution in [-0.2, 0) is 0 Å². The molecule has 82 valence electrons. The highest BCUT2D eigenvalue weighted by Crippen LogP contribution is 2.47. The van der Waals surface area contributed by atoms with Gasteiger partial charge in [0.15, 0.2) is 0 Å². The summed E-state index contributed by atoms with van der Waals surface area (Å²) in [6.45, 7) is 0.371. The van der Waals surface area contributed by atoms with Crippen LogP contribution in [0.4, 0.5) is 4.79 Å². The fourth-order valence-electron chi connectivity index (χ4n) is 1.78. The number of hydrogen-bond acceptors (Lipinski definition) is 3. The number of rotatable bonds is 3. The Morgan fingerprint density at radius 3 is 3.20 bits per heavy atom. The second-order valence-corrected chi connectivity index (χ2v) is 3.80. The number of hydrogen-bond donors (Lipinski definition) is 2. The van der Waals surface area contributed by atoms with Gasteiger partial charge in [0.1, 0.15) is 0 Å². The molecule has 2 amide bonds. The molecule has 1 fully saturated rings. The van der Waals surface area contributed by atoms with Gasteiger partial charge in [-0.3, -0.25) is 5.21 Å². The first-order valence-electron chi connectivity index (χ1n) is 4.92. The highest BCUT2D eigenvalue weighted by molar-refractivity contribution is 5.72. The summed E-state index contributed by atoms with van der Waals surface area (Å²) in [4.78, 5) is 11.0. The van der Waals surface area contributed by atoms with E-state index in [4.69, 9.17) is 4.42 Å². The van der Waals surface area contributed by atoms with Crippen LogP contribution in [0.2, 0.25) is 0 Å². The normalized spacial score (nSPS) is 23.6. The fourth-order valence-corrected chi connectivity index (χ4v) is 1.78. The summed E-state index contributed by atoms with van der Waals surface area (Å²) in [5, 5.41) is 12.4. The van der Waals surface area contributed by atoms with Crippen molar-refractivity contribution >= 4 is 6.03 Å². The molecule has 1 aromatic rings. The molecular formula is C10H14N2O3. The standard InChI is InChI=1S/C10H14N2O3/c1-11-10(13)12(14)5-8-4-9(8)7-2-3-15-6-7/h2-3,6,8-9,14H,4-5H2,1H3,(H,11,13)/t8-,9-/m0/s1. The minimum absolute atomic E-state index is 0.338. The molecule has 15 heavy (non-hydrogen) atoms. The molecule has 1 aliphatic carbocycles. The van der Waals surface area contributed by atoms with Gasteiger partial charge in [-0.15, -0.1) is 0 Å². The molecule has 2 rings (SSSR count). The molecular weight excluding hydrogens is 196 g/mol. The van der Waals surface area contributed by atoms with Gasteiger partial charge in [-0.2, -0.15) is 0 Å². The number of furan rings is 1. The lowest BCUT2D eigenvalue weighted by molar-refractivity contribution is -0.0462. The van der Waals surface area contributed by atoms with Crippen LogP contribution in [0.3, 0.4) is 0 Å². The summed E-state index contributed by atoms with van der Waals surface area (Å²) in [7, 11) is 1.49. The smallest absolute Gasteiger partial charge is 0.340 e. The number of amides is 2. The van der Waals surface area contributed by atoms with E-state index in [9.17, 15) is 10.0 Å².